The van der Waals surface area contributed by atoms with Crippen molar-refractivity contribution in [2.75, 3.05) is 33.0 Å². The number of aromatic nitrogens is 1. The number of likely N-dealkylation sites (tertiary alicyclic amines) is 1. The van der Waals surface area contributed by atoms with Gasteiger partial charge in [-0.2, -0.15) is 10.3 Å². The van der Waals surface area contributed by atoms with Crippen LogP contribution in [-0.2, 0) is 11.2 Å². The van der Waals surface area contributed by atoms with E-state index in [2.05, 4.69) is 41.8 Å². The van der Waals surface area contributed by atoms with Gasteiger partial charge in [0.2, 0.25) is 5.88 Å². The van der Waals surface area contributed by atoms with E-state index in [0.29, 0.717) is 52.5 Å². The van der Waals surface area contributed by atoms with Crippen LogP contribution in [0.2, 0.25) is 0 Å². The third-order valence-electron chi connectivity index (χ3n) is 6.30. The van der Waals surface area contributed by atoms with Gasteiger partial charge >= 0.3 is 0 Å². The number of pyridine rings is 1. The third kappa shape index (κ3) is 7.68. The highest BCUT2D eigenvalue weighted by molar-refractivity contribution is 7.16. The molecule has 1 amide bonds. The first kappa shape index (κ1) is 31.1. The smallest absolute Gasteiger partial charge is 0.255 e. The van der Waals surface area contributed by atoms with E-state index in [9.17, 15) is 10.1 Å². The molecule has 38 heavy (non-hydrogen) atoms. The molecule has 4 N–H and O–H groups in total. The molecule has 2 aromatic rings. The van der Waals surface area contributed by atoms with E-state index in [4.69, 9.17) is 20.9 Å². The Morgan fingerprint density at radius 2 is 2.00 bits per heavy atom. The van der Waals surface area contributed by atoms with Crippen molar-refractivity contribution in [3.63, 3.8) is 0 Å². The van der Waals surface area contributed by atoms with Crippen molar-refractivity contribution in [3.05, 3.63) is 33.8 Å². The number of aryl methyl sites for hydroxylation is 1. The van der Waals surface area contributed by atoms with Crippen LogP contribution in [0.4, 0.5) is 5.00 Å². The molecule has 4 rings (SSSR count). The predicted octanol–water partition coefficient (Wildman–Crippen LogP) is 4.87. The number of amides is 1. The van der Waals surface area contributed by atoms with E-state index < -0.39 is 11.8 Å². The summed E-state index contributed by atoms with van der Waals surface area (Å²) in [5.41, 5.74) is 13.6. The summed E-state index contributed by atoms with van der Waals surface area (Å²) in [6, 6.07) is 5.79. The highest BCUT2D eigenvalue weighted by Gasteiger charge is 2.32. The molecular formula is C28H42N6O3S. The number of nitrogens with zero attached hydrogens (tertiary/aromatic N) is 4. The zero-order valence-electron chi connectivity index (χ0n) is 23.5. The van der Waals surface area contributed by atoms with Crippen LogP contribution in [0.15, 0.2) is 17.1 Å². The van der Waals surface area contributed by atoms with Crippen molar-refractivity contribution in [1.29, 1.82) is 5.26 Å². The maximum absolute atomic E-state index is 13.1. The van der Waals surface area contributed by atoms with Crippen LogP contribution in [-0.4, -0.2) is 55.0 Å². The van der Waals surface area contributed by atoms with Crippen LogP contribution < -0.4 is 20.9 Å². The third-order valence-corrected chi connectivity index (χ3v) is 7.40. The number of anilines is 1. The Labute approximate surface area is 230 Å². The minimum atomic E-state index is -0.533. The van der Waals surface area contributed by atoms with Crippen molar-refractivity contribution < 1.29 is 14.3 Å². The average Bonchev–Trinajstić information content (AvgIpc) is 3.49. The Morgan fingerprint density at radius 1 is 1.29 bits per heavy atom. The van der Waals surface area contributed by atoms with Crippen LogP contribution in [0, 0.1) is 11.3 Å². The summed E-state index contributed by atoms with van der Waals surface area (Å²) in [7, 11) is 3.62. The fourth-order valence-electron chi connectivity index (χ4n) is 4.47. The highest BCUT2D eigenvalue weighted by atomic mass is 32.1. The van der Waals surface area contributed by atoms with E-state index in [-0.39, 0.29) is 5.84 Å². The zero-order valence-corrected chi connectivity index (χ0v) is 24.4. The SMILES string of the molecule is CC.CCC.COc1cc(OCC2CCCN2C)nc(C(N)=NC(=O)C2CCCc3sc(N)c(C#N)c32)c1. The second kappa shape index (κ2) is 15.3. The first-order valence-electron chi connectivity index (χ1n) is 13.4. The van der Waals surface area contributed by atoms with Gasteiger partial charge in [-0.15, -0.1) is 11.3 Å². The molecule has 0 saturated carbocycles. The fourth-order valence-corrected chi connectivity index (χ4v) is 5.59. The van der Waals surface area contributed by atoms with Crippen molar-refractivity contribution in [2.45, 2.75) is 78.2 Å². The second-order valence-corrected chi connectivity index (χ2v) is 10.2. The summed E-state index contributed by atoms with van der Waals surface area (Å²) >= 11 is 1.38. The molecule has 2 aromatic heterocycles. The van der Waals surface area contributed by atoms with E-state index in [1.807, 2.05) is 13.8 Å². The van der Waals surface area contributed by atoms with E-state index in [1.165, 1.54) is 17.8 Å². The van der Waals surface area contributed by atoms with Crippen LogP contribution in [0.3, 0.4) is 0 Å². The topological polar surface area (TPSA) is 140 Å². The Balaban J connectivity index is 0.000000947. The average molecular weight is 543 g/mol. The number of nitrogens with two attached hydrogens (primary N) is 2. The molecule has 1 fully saturated rings. The number of hydrogen-bond acceptors (Lipinski definition) is 8. The van der Waals surface area contributed by atoms with Crippen molar-refractivity contribution >= 4 is 28.1 Å². The summed E-state index contributed by atoms with van der Waals surface area (Å²) in [6.07, 6.45) is 5.71. The standard InChI is InChI=1S/C23H28N6O3S.C3H8.C2H6/c1-29-8-4-5-13(29)12-32-19-10-14(31-2)9-17(27-19)21(25)28-23(30)15-6-3-7-18-20(15)16(11-24)22(26)33-18;1-3-2;1-2/h9-10,13,15H,3-8,12,26H2,1-2H3,(H2,25,28,30);3H2,1-2H3;1-2H3. The summed E-state index contributed by atoms with van der Waals surface area (Å²) in [6.45, 7) is 9.81. The van der Waals surface area contributed by atoms with Crippen LogP contribution in [0.25, 0.3) is 0 Å². The quantitative estimate of drug-likeness (QED) is 0.389. The Bertz CT molecular complexity index is 1140. The van der Waals surface area contributed by atoms with Gasteiger partial charge in [-0.3, -0.25) is 4.79 Å². The first-order chi connectivity index (χ1) is 18.3. The normalized spacial score (nSPS) is 18.7. The highest BCUT2D eigenvalue weighted by Crippen LogP contribution is 2.42. The summed E-state index contributed by atoms with van der Waals surface area (Å²) in [4.78, 5) is 24.9. The van der Waals surface area contributed by atoms with E-state index in [1.54, 1.807) is 19.2 Å². The molecule has 10 heteroatoms. The van der Waals surface area contributed by atoms with Crippen LogP contribution in [0.1, 0.15) is 87.4 Å². The lowest BCUT2D eigenvalue weighted by molar-refractivity contribution is -0.119. The second-order valence-electron chi connectivity index (χ2n) is 9.10. The van der Waals surface area contributed by atoms with Gasteiger partial charge in [0.15, 0.2) is 5.84 Å². The fraction of sp³-hybridized carbons (Fsp3) is 0.571. The maximum atomic E-state index is 13.1. The summed E-state index contributed by atoms with van der Waals surface area (Å²) < 4.78 is 11.3. The van der Waals surface area contributed by atoms with Gasteiger partial charge in [0, 0.05) is 23.1 Å². The van der Waals surface area contributed by atoms with E-state index in [0.717, 1.165) is 37.1 Å². The number of amidine groups is 1. The number of likely N-dealkylation sites (N-methyl/N-ethyl adjacent to an activating group) is 1. The molecular weight excluding hydrogens is 500 g/mol. The molecule has 9 nitrogen and oxygen atoms in total. The maximum Gasteiger partial charge on any atom is 0.255 e. The number of rotatable bonds is 6. The van der Waals surface area contributed by atoms with Gasteiger partial charge in [-0.1, -0.05) is 34.1 Å². The lowest BCUT2D eigenvalue weighted by atomic mass is 9.85. The number of methoxy groups -OCH3 is 1. The van der Waals surface area contributed by atoms with Crippen molar-refractivity contribution in [1.82, 2.24) is 9.88 Å². The summed E-state index contributed by atoms with van der Waals surface area (Å²) in [5, 5.41) is 9.97. The molecule has 208 valence electrons. The molecule has 1 aliphatic carbocycles. The molecule has 2 aliphatic rings. The molecule has 0 spiro atoms. The van der Waals surface area contributed by atoms with Crippen molar-refractivity contribution in [3.8, 4) is 17.7 Å². The number of thiophene rings is 1. The Hall–Kier alpha value is -3.16. The molecule has 0 aromatic carbocycles. The van der Waals surface area contributed by atoms with Gasteiger partial charge in [0.05, 0.1) is 18.6 Å². The number of aliphatic imine (C=N–C) groups is 1. The Morgan fingerprint density at radius 3 is 2.61 bits per heavy atom. The molecule has 3 heterocycles. The van der Waals surface area contributed by atoms with Gasteiger partial charge in [0.1, 0.15) is 29.1 Å². The van der Waals surface area contributed by atoms with Gasteiger partial charge < -0.3 is 25.8 Å². The lowest BCUT2D eigenvalue weighted by Gasteiger charge is -2.20. The first-order valence-corrected chi connectivity index (χ1v) is 14.2. The number of nitrogen functional groups attached to an aromatic ring is 1. The monoisotopic (exact) mass is 542 g/mol. The molecule has 0 radical (unpaired) electrons. The van der Waals surface area contributed by atoms with Crippen LogP contribution in [0.5, 0.6) is 11.6 Å². The number of hydrogen-bond donors (Lipinski definition) is 2. The number of ether oxygens (including phenoxy) is 2. The number of fused-ring (bicyclic) bond motifs is 1. The van der Waals surface area contributed by atoms with E-state index >= 15 is 0 Å². The molecule has 1 saturated heterocycles. The molecule has 2 unspecified atom stereocenters. The molecule has 2 atom stereocenters. The molecule has 0 bridgehead atoms. The van der Waals surface area contributed by atoms with Crippen LogP contribution >= 0.6 is 11.3 Å². The largest absolute Gasteiger partial charge is 0.496 e. The summed E-state index contributed by atoms with van der Waals surface area (Å²) in [5.74, 6) is -0.0713. The van der Waals surface area contributed by atoms with Gasteiger partial charge in [-0.25, -0.2) is 4.98 Å². The predicted molar refractivity (Wildman–Crippen MR) is 154 cm³/mol. The minimum absolute atomic E-state index is 0.0180. The number of carbonyl (C=O) groups excluding carboxylic acids is 1. The molecule has 1 aliphatic heterocycles. The number of carbonyl (C=O) groups is 1. The van der Waals surface area contributed by atoms with Gasteiger partial charge in [-0.05, 0) is 51.3 Å². The van der Waals surface area contributed by atoms with Gasteiger partial charge in [0.25, 0.3) is 5.91 Å². The van der Waals surface area contributed by atoms with Crippen molar-refractivity contribution in [2.24, 2.45) is 10.7 Å². The minimum Gasteiger partial charge on any atom is -0.496 e. The lowest BCUT2D eigenvalue weighted by Crippen LogP contribution is -2.30. The number of nitriles is 1. The Kier molecular flexibility index (Phi) is 12.5. The zero-order chi connectivity index (χ0) is 28.2.